The summed E-state index contributed by atoms with van der Waals surface area (Å²) in [6.45, 7) is 5.95. The zero-order valence-electron chi connectivity index (χ0n) is 18.6. The Bertz CT molecular complexity index is 1170. The molecule has 32 heavy (non-hydrogen) atoms. The highest BCUT2D eigenvalue weighted by Gasteiger charge is 2.39. The lowest BCUT2D eigenvalue weighted by molar-refractivity contribution is -0.120. The Balaban J connectivity index is 1.36. The number of benzene rings is 2. The van der Waals surface area contributed by atoms with Gasteiger partial charge in [0.15, 0.2) is 0 Å². The topological polar surface area (TPSA) is 95.6 Å². The van der Waals surface area contributed by atoms with E-state index in [9.17, 15) is 18.0 Å². The molecule has 2 amide bonds. The molecule has 7 nitrogen and oxygen atoms in total. The van der Waals surface area contributed by atoms with Gasteiger partial charge >= 0.3 is 0 Å². The number of carbonyl (C=O) groups is 2. The molecule has 0 saturated heterocycles. The maximum atomic E-state index is 12.7. The van der Waals surface area contributed by atoms with Gasteiger partial charge in [0.25, 0.3) is 0 Å². The van der Waals surface area contributed by atoms with Crippen molar-refractivity contribution in [2.24, 2.45) is 5.92 Å². The predicted molar refractivity (Wildman–Crippen MR) is 124 cm³/mol. The summed E-state index contributed by atoms with van der Waals surface area (Å²) < 4.78 is 28.0. The number of rotatable bonds is 7. The smallest absolute Gasteiger partial charge is 0.240 e. The number of fused-ring (bicyclic) bond motifs is 1. The fraction of sp³-hybridized carbons (Fsp3) is 0.417. The molecule has 0 radical (unpaired) electrons. The fourth-order valence-corrected chi connectivity index (χ4v) is 5.14. The largest absolute Gasteiger partial charge is 0.326 e. The van der Waals surface area contributed by atoms with E-state index in [1.807, 2.05) is 43.9 Å². The van der Waals surface area contributed by atoms with Crippen molar-refractivity contribution in [3.63, 3.8) is 0 Å². The highest BCUT2D eigenvalue weighted by molar-refractivity contribution is 7.89. The van der Waals surface area contributed by atoms with Crippen molar-refractivity contribution < 1.29 is 18.0 Å². The molecule has 4 rings (SSSR count). The van der Waals surface area contributed by atoms with Crippen LogP contribution in [0.4, 0.5) is 11.4 Å². The molecule has 1 aliphatic heterocycles. The molecule has 1 atom stereocenters. The van der Waals surface area contributed by atoms with Crippen LogP contribution in [0.5, 0.6) is 0 Å². The lowest BCUT2D eigenvalue weighted by Gasteiger charge is -2.22. The highest BCUT2D eigenvalue weighted by atomic mass is 32.2. The van der Waals surface area contributed by atoms with E-state index >= 15 is 0 Å². The maximum Gasteiger partial charge on any atom is 0.240 e. The van der Waals surface area contributed by atoms with E-state index in [2.05, 4.69) is 10.0 Å². The second kappa shape index (κ2) is 8.67. The predicted octanol–water partition coefficient (Wildman–Crippen LogP) is 3.30. The maximum absolute atomic E-state index is 12.7. The first-order valence-corrected chi connectivity index (χ1v) is 12.5. The number of nitrogens with zero attached hydrogens (tertiary/aromatic N) is 1. The Morgan fingerprint density at radius 2 is 1.81 bits per heavy atom. The van der Waals surface area contributed by atoms with Gasteiger partial charge in [-0.15, -0.1) is 0 Å². The van der Waals surface area contributed by atoms with Crippen molar-refractivity contribution >= 4 is 33.2 Å². The zero-order valence-corrected chi connectivity index (χ0v) is 19.5. The van der Waals surface area contributed by atoms with Gasteiger partial charge in [0.2, 0.25) is 21.8 Å². The van der Waals surface area contributed by atoms with E-state index in [0.29, 0.717) is 12.1 Å². The van der Waals surface area contributed by atoms with Crippen LogP contribution in [0.3, 0.4) is 0 Å². The van der Waals surface area contributed by atoms with Crippen LogP contribution in [-0.2, 0) is 26.0 Å². The van der Waals surface area contributed by atoms with Crippen molar-refractivity contribution in [3.05, 3.63) is 53.1 Å². The number of aryl methyl sites for hydroxylation is 2. The summed E-state index contributed by atoms with van der Waals surface area (Å²) in [4.78, 5) is 26.8. The molecule has 2 N–H and O–H groups in total. The van der Waals surface area contributed by atoms with Crippen LogP contribution in [0.2, 0.25) is 0 Å². The molecular weight excluding hydrogens is 426 g/mol. The molecule has 8 heteroatoms. The highest BCUT2D eigenvalue weighted by Crippen LogP contribution is 2.39. The Kier molecular flexibility index (Phi) is 6.09. The van der Waals surface area contributed by atoms with Crippen LogP contribution in [0.25, 0.3) is 0 Å². The third-order valence-electron chi connectivity index (χ3n) is 6.18. The Morgan fingerprint density at radius 1 is 1.06 bits per heavy atom. The molecule has 1 fully saturated rings. The molecule has 1 heterocycles. The second-order valence-electron chi connectivity index (χ2n) is 8.82. The summed E-state index contributed by atoms with van der Waals surface area (Å²) in [5.74, 6) is -0.00354. The normalized spacial score (nSPS) is 17.8. The van der Waals surface area contributed by atoms with Gasteiger partial charge in [-0.3, -0.25) is 9.59 Å². The minimum Gasteiger partial charge on any atom is -0.326 e. The fourth-order valence-electron chi connectivity index (χ4n) is 4.06. The van der Waals surface area contributed by atoms with Crippen LogP contribution in [0, 0.1) is 19.8 Å². The van der Waals surface area contributed by atoms with Gasteiger partial charge in [-0.05, 0) is 87.1 Å². The number of anilines is 2. The molecule has 0 aromatic heterocycles. The molecule has 1 saturated carbocycles. The van der Waals surface area contributed by atoms with Crippen LogP contribution in [0.1, 0.15) is 42.9 Å². The number of sulfonamides is 1. The summed E-state index contributed by atoms with van der Waals surface area (Å²) in [6.07, 6.45) is 2.53. The van der Waals surface area contributed by atoms with E-state index in [-0.39, 0.29) is 41.6 Å². The quantitative estimate of drug-likeness (QED) is 0.670. The number of hydrogen-bond donors (Lipinski definition) is 2. The monoisotopic (exact) mass is 455 g/mol. The van der Waals surface area contributed by atoms with Crippen molar-refractivity contribution in [2.45, 2.75) is 57.4 Å². The average Bonchev–Trinajstić information content (AvgIpc) is 3.52. The Hall–Kier alpha value is -2.71. The van der Waals surface area contributed by atoms with Crippen molar-refractivity contribution in [2.75, 3.05) is 16.8 Å². The van der Waals surface area contributed by atoms with Crippen molar-refractivity contribution in [1.82, 2.24) is 4.72 Å². The number of hydrogen-bond acceptors (Lipinski definition) is 4. The molecule has 2 aromatic carbocycles. The third kappa shape index (κ3) is 4.71. The summed E-state index contributed by atoms with van der Waals surface area (Å²) >= 11 is 0. The van der Waals surface area contributed by atoms with Crippen LogP contribution in [-0.4, -0.2) is 32.8 Å². The summed E-state index contributed by atoms with van der Waals surface area (Å²) in [7, 11) is -3.76. The Labute approximate surface area is 189 Å². The Morgan fingerprint density at radius 3 is 2.50 bits per heavy atom. The van der Waals surface area contributed by atoms with E-state index in [1.54, 1.807) is 12.1 Å². The second-order valence-corrected chi connectivity index (χ2v) is 10.6. The molecule has 0 unspecified atom stereocenters. The molecule has 2 aromatic rings. The SMILES string of the molecule is Cc1ccc(NC(=O)CCNS(=O)(=O)c2ccc3c(c2)C[C@H](C)N3C(=O)C2CC2)cc1C. The summed E-state index contributed by atoms with van der Waals surface area (Å²) in [5.41, 5.74) is 4.58. The minimum absolute atomic E-state index is 0.00120. The lowest BCUT2D eigenvalue weighted by atomic mass is 10.1. The molecule has 0 spiro atoms. The van der Waals surface area contributed by atoms with E-state index < -0.39 is 10.0 Å². The summed E-state index contributed by atoms with van der Waals surface area (Å²) in [5, 5.41) is 2.79. The number of amides is 2. The van der Waals surface area contributed by atoms with Crippen LogP contribution >= 0.6 is 0 Å². The van der Waals surface area contributed by atoms with E-state index in [4.69, 9.17) is 0 Å². The molecular formula is C24H29N3O4S. The van der Waals surface area contributed by atoms with Gasteiger partial charge in [-0.2, -0.15) is 0 Å². The van der Waals surface area contributed by atoms with Gasteiger partial charge in [0.1, 0.15) is 0 Å². The van der Waals surface area contributed by atoms with Crippen LogP contribution < -0.4 is 14.9 Å². The van der Waals surface area contributed by atoms with Gasteiger partial charge in [0.05, 0.1) is 4.90 Å². The first kappa shape index (κ1) is 22.5. The standard InChI is InChI=1S/C24H29N3O4S/c1-15-4-7-20(12-16(15)2)26-23(28)10-11-25-32(30,31)21-8-9-22-19(14-21)13-17(3)27(22)24(29)18-5-6-18/h4,7-9,12,14,17-18,25H,5-6,10-11,13H2,1-3H3,(H,26,28)/t17-/m0/s1. The first-order chi connectivity index (χ1) is 15.2. The van der Waals surface area contributed by atoms with Crippen molar-refractivity contribution in [1.29, 1.82) is 0 Å². The van der Waals surface area contributed by atoms with E-state index in [0.717, 1.165) is 35.2 Å². The molecule has 0 bridgehead atoms. The van der Waals surface area contributed by atoms with Gasteiger partial charge in [-0.25, -0.2) is 13.1 Å². The van der Waals surface area contributed by atoms with Gasteiger partial charge in [-0.1, -0.05) is 6.07 Å². The average molecular weight is 456 g/mol. The molecule has 1 aliphatic carbocycles. The van der Waals surface area contributed by atoms with Crippen molar-refractivity contribution in [3.8, 4) is 0 Å². The van der Waals surface area contributed by atoms with E-state index in [1.165, 1.54) is 6.07 Å². The zero-order chi connectivity index (χ0) is 23.0. The summed E-state index contributed by atoms with van der Waals surface area (Å²) in [6, 6.07) is 10.6. The number of nitrogens with one attached hydrogen (secondary N) is 2. The molecule has 2 aliphatic rings. The third-order valence-corrected chi connectivity index (χ3v) is 7.63. The van der Waals surface area contributed by atoms with Gasteiger partial charge in [0, 0.05) is 36.3 Å². The van der Waals surface area contributed by atoms with Crippen LogP contribution in [0.15, 0.2) is 41.3 Å². The lowest BCUT2D eigenvalue weighted by Crippen LogP contribution is -2.36. The molecule has 170 valence electrons. The number of carbonyl (C=O) groups excluding carboxylic acids is 2. The minimum atomic E-state index is -3.76. The first-order valence-electron chi connectivity index (χ1n) is 11.0. The van der Waals surface area contributed by atoms with Gasteiger partial charge < -0.3 is 10.2 Å².